The minimum atomic E-state index is -1.10. The molecule has 12 heteroatoms. The smallest absolute Gasteiger partial charge is 0.410 e. The van der Waals surface area contributed by atoms with Crippen LogP contribution < -0.4 is 15.8 Å². The molecule has 1 aliphatic heterocycles. The number of hydrogen-bond donors (Lipinski definition) is 2. The molecule has 0 bridgehead atoms. The predicted octanol–water partition coefficient (Wildman–Crippen LogP) is 3.41. The van der Waals surface area contributed by atoms with Crippen molar-refractivity contribution in [3.8, 4) is 18.1 Å². The van der Waals surface area contributed by atoms with E-state index in [1.165, 1.54) is 11.9 Å². The number of ether oxygens (including phenoxy) is 3. The molecule has 0 radical (unpaired) electrons. The zero-order valence-corrected chi connectivity index (χ0v) is 31.1. The van der Waals surface area contributed by atoms with Crippen LogP contribution in [0.25, 0.3) is 0 Å². The Morgan fingerprint density at radius 3 is 2.33 bits per heavy atom. The van der Waals surface area contributed by atoms with Gasteiger partial charge in [-0.25, -0.2) is 4.79 Å². The molecule has 1 saturated heterocycles. The average Bonchev–Trinajstić information content (AvgIpc) is 3.58. The molecule has 3 rings (SSSR count). The van der Waals surface area contributed by atoms with Gasteiger partial charge in [-0.2, -0.15) is 0 Å². The lowest BCUT2D eigenvalue weighted by Gasteiger charge is -2.36. The largest absolute Gasteiger partial charge is 0.497 e. The van der Waals surface area contributed by atoms with E-state index in [-0.39, 0.29) is 31.0 Å². The first-order valence-electron chi connectivity index (χ1n) is 17.5. The molecule has 1 aliphatic rings. The fraction of sp³-hybridized carbons (Fsp3) is 0.538. The normalized spacial score (nSPS) is 16.6. The number of hydrogen-bond acceptors (Lipinski definition) is 8. The van der Waals surface area contributed by atoms with Gasteiger partial charge in [0.25, 0.3) is 0 Å². The van der Waals surface area contributed by atoms with Crippen LogP contribution in [-0.4, -0.2) is 115 Å². The van der Waals surface area contributed by atoms with E-state index >= 15 is 0 Å². The average molecular weight is 706 g/mol. The van der Waals surface area contributed by atoms with E-state index in [0.717, 1.165) is 11.1 Å². The van der Waals surface area contributed by atoms with Crippen molar-refractivity contribution < 1.29 is 33.4 Å². The quantitative estimate of drug-likeness (QED) is 0.253. The third-order valence-electron chi connectivity index (χ3n) is 8.95. The first kappa shape index (κ1) is 40.8. The van der Waals surface area contributed by atoms with Crippen molar-refractivity contribution in [3.05, 3.63) is 65.7 Å². The summed E-state index contributed by atoms with van der Waals surface area (Å²) in [5.74, 6) is 1.99. The molecule has 3 N–H and O–H groups in total. The van der Waals surface area contributed by atoms with Crippen molar-refractivity contribution in [2.45, 2.75) is 96.2 Å². The van der Waals surface area contributed by atoms with Crippen LogP contribution >= 0.6 is 0 Å². The van der Waals surface area contributed by atoms with Crippen LogP contribution in [0.5, 0.6) is 5.75 Å². The molecule has 4 amide bonds. The van der Waals surface area contributed by atoms with Crippen molar-refractivity contribution in [1.29, 1.82) is 0 Å². The number of likely N-dealkylation sites (tertiary alicyclic amines) is 1. The fourth-order valence-corrected chi connectivity index (χ4v) is 5.88. The Kier molecular flexibility index (Phi) is 15.3. The van der Waals surface area contributed by atoms with E-state index in [1.807, 2.05) is 54.6 Å². The van der Waals surface area contributed by atoms with Gasteiger partial charge < -0.3 is 35.1 Å². The lowest BCUT2D eigenvalue weighted by atomic mass is 10.0. The Morgan fingerprint density at radius 2 is 1.73 bits per heavy atom. The van der Waals surface area contributed by atoms with Gasteiger partial charge in [0.05, 0.1) is 19.3 Å². The topological polar surface area (TPSA) is 144 Å². The summed E-state index contributed by atoms with van der Waals surface area (Å²) < 4.78 is 16.4. The van der Waals surface area contributed by atoms with Crippen LogP contribution in [0.3, 0.4) is 0 Å². The number of nitrogens with one attached hydrogen (secondary N) is 1. The van der Waals surface area contributed by atoms with Crippen LogP contribution in [-0.2, 0) is 36.7 Å². The van der Waals surface area contributed by atoms with Crippen molar-refractivity contribution in [3.63, 3.8) is 0 Å². The molecule has 5 atom stereocenters. The van der Waals surface area contributed by atoms with Gasteiger partial charge in [-0.15, -0.1) is 6.42 Å². The summed E-state index contributed by atoms with van der Waals surface area (Å²) in [6.45, 7) is 9.48. The summed E-state index contributed by atoms with van der Waals surface area (Å²) in [7, 11) is 3.06. The highest BCUT2D eigenvalue weighted by molar-refractivity contribution is 5.91. The maximum Gasteiger partial charge on any atom is 0.410 e. The van der Waals surface area contributed by atoms with Gasteiger partial charge in [0, 0.05) is 32.7 Å². The number of likely N-dealkylation sites (N-methyl/N-ethyl adjacent to an activating group) is 1. The lowest BCUT2D eigenvalue weighted by molar-refractivity contribution is -0.143. The second-order valence-corrected chi connectivity index (χ2v) is 14.0. The first-order chi connectivity index (χ1) is 24.1. The summed E-state index contributed by atoms with van der Waals surface area (Å²) in [5, 5.41) is 2.82. The van der Waals surface area contributed by atoms with E-state index < -0.39 is 41.8 Å². The third-order valence-corrected chi connectivity index (χ3v) is 8.95. The van der Waals surface area contributed by atoms with Crippen LogP contribution in [0.1, 0.15) is 58.6 Å². The Hall–Kier alpha value is -4.60. The molecule has 0 unspecified atom stereocenters. The molecular weight excluding hydrogens is 650 g/mol. The number of methoxy groups -OCH3 is 1. The minimum absolute atomic E-state index is 0.0640. The number of carbonyl (C=O) groups is 4. The van der Waals surface area contributed by atoms with Crippen molar-refractivity contribution in [1.82, 2.24) is 20.0 Å². The number of carbonyl (C=O) groups excluding carboxylic acids is 4. The van der Waals surface area contributed by atoms with Gasteiger partial charge >= 0.3 is 6.09 Å². The Morgan fingerprint density at radius 1 is 1.06 bits per heavy atom. The fourth-order valence-electron chi connectivity index (χ4n) is 5.88. The lowest BCUT2D eigenvalue weighted by Crippen LogP contribution is -2.59. The molecule has 2 aromatic carbocycles. The van der Waals surface area contributed by atoms with Crippen LogP contribution in [0.15, 0.2) is 54.6 Å². The van der Waals surface area contributed by atoms with Gasteiger partial charge in [-0.3, -0.25) is 19.3 Å². The second-order valence-electron chi connectivity index (χ2n) is 14.0. The molecule has 1 heterocycles. The standard InChI is InChI=1S/C39H55N5O7/c1-9-24-50-28(3)34(41-35(45)27(2)42(7)38(48)51-39(4,5)6)37(47)44-22-13-16-31(44)26-43(23-21-29-14-11-10-12-15-29)36(46)33(40)25-30-17-19-32(49-8)20-18-30/h1,10-12,14-15,17-20,27-28,31,33-34H,13,16,21-26,40H2,2-8H3,(H,41,45)/t27-,28+,31-,33+,34-/m0/s1. The molecule has 0 aliphatic carbocycles. The van der Waals surface area contributed by atoms with Crippen molar-refractivity contribution >= 4 is 23.8 Å². The number of terminal acetylenes is 1. The molecule has 0 aromatic heterocycles. The number of nitrogens with two attached hydrogens (primary N) is 1. The maximum absolute atomic E-state index is 14.3. The summed E-state index contributed by atoms with van der Waals surface area (Å²) in [6, 6.07) is 14.1. The summed E-state index contributed by atoms with van der Waals surface area (Å²) in [4.78, 5) is 59.1. The zero-order valence-electron chi connectivity index (χ0n) is 31.1. The molecule has 51 heavy (non-hydrogen) atoms. The van der Waals surface area contributed by atoms with Crippen molar-refractivity contribution in [2.75, 3.05) is 40.4 Å². The minimum Gasteiger partial charge on any atom is -0.497 e. The summed E-state index contributed by atoms with van der Waals surface area (Å²) in [6.07, 6.45) is 6.31. The van der Waals surface area contributed by atoms with Crippen LogP contribution in [0.4, 0.5) is 4.79 Å². The highest BCUT2D eigenvalue weighted by Crippen LogP contribution is 2.22. The van der Waals surface area contributed by atoms with Gasteiger partial charge in [0.15, 0.2) is 0 Å². The van der Waals surface area contributed by atoms with Gasteiger partial charge in [-0.1, -0.05) is 48.4 Å². The van der Waals surface area contributed by atoms with E-state index in [1.54, 1.807) is 51.5 Å². The van der Waals surface area contributed by atoms with Gasteiger partial charge in [-0.05, 0) is 83.6 Å². The molecule has 12 nitrogen and oxygen atoms in total. The van der Waals surface area contributed by atoms with Gasteiger partial charge in [0.2, 0.25) is 17.7 Å². The monoisotopic (exact) mass is 705 g/mol. The van der Waals surface area contributed by atoms with E-state index in [0.29, 0.717) is 44.5 Å². The molecule has 1 fully saturated rings. The number of rotatable bonds is 16. The molecule has 0 saturated carbocycles. The van der Waals surface area contributed by atoms with E-state index in [9.17, 15) is 19.2 Å². The van der Waals surface area contributed by atoms with Crippen LogP contribution in [0.2, 0.25) is 0 Å². The SMILES string of the molecule is C#CCO[C@H](C)[C@H](NC(=O)[C@H](C)N(C)C(=O)OC(C)(C)C)C(=O)N1CCC[C@H]1CN(CCc1ccccc1)C(=O)[C@H](N)Cc1ccc(OC)cc1. The van der Waals surface area contributed by atoms with E-state index in [4.69, 9.17) is 26.4 Å². The Balaban J connectivity index is 1.81. The highest BCUT2D eigenvalue weighted by Gasteiger charge is 2.39. The maximum atomic E-state index is 14.3. The van der Waals surface area contributed by atoms with Gasteiger partial charge in [0.1, 0.15) is 30.0 Å². The zero-order chi connectivity index (χ0) is 37.7. The summed E-state index contributed by atoms with van der Waals surface area (Å²) >= 11 is 0. The molecule has 278 valence electrons. The Bertz CT molecular complexity index is 1490. The highest BCUT2D eigenvalue weighted by atomic mass is 16.6. The number of benzene rings is 2. The molecule has 0 spiro atoms. The Labute approximate surface area is 302 Å². The molecule has 2 aromatic rings. The predicted molar refractivity (Wildman–Crippen MR) is 196 cm³/mol. The third kappa shape index (κ3) is 12.3. The van der Waals surface area contributed by atoms with Crippen LogP contribution in [0, 0.1) is 12.3 Å². The first-order valence-corrected chi connectivity index (χ1v) is 17.5. The van der Waals surface area contributed by atoms with Crippen molar-refractivity contribution in [2.24, 2.45) is 5.73 Å². The number of amides is 4. The van der Waals surface area contributed by atoms with E-state index in [2.05, 4.69) is 11.2 Å². The molecular formula is C39H55N5O7. The number of nitrogens with zero attached hydrogens (tertiary/aromatic N) is 3. The summed E-state index contributed by atoms with van der Waals surface area (Å²) in [5.41, 5.74) is 7.76. The second kappa shape index (κ2) is 19.1.